The largest absolute Gasteiger partial charge is 0.493 e. The van der Waals surface area contributed by atoms with Crippen molar-refractivity contribution in [1.29, 1.82) is 0 Å². The number of piperidine rings is 1. The molecule has 1 aromatic rings. The molecule has 5 nitrogen and oxygen atoms in total. The van der Waals surface area contributed by atoms with Crippen LogP contribution in [-0.2, 0) is 10.0 Å². The maximum absolute atomic E-state index is 12.4. The summed E-state index contributed by atoms with van der Waals surface area (Å²) in [5.41, 5.74) is 0.939. The highest BCUT2D eigenvalue weighted by atomic mass is 32.2. The highest BCUT2D eigenvalue weighted by molar-refractivity contribution is 7.89. The molecule has 1 aromatic carbocycles. The van der Waals surface area contributed by atoms with Crippen LogP contribution in [0.25, 0.3) is 0 Å². The second kappa shape index (κ2) is 6.34. The monoisotopic (exact) mass is 310 g/mol. The van der Waals surface area contributed by atoms with E-state index in [1.54, 1.807) is 0 Å². The van der Waals surface area contributed by atoms with Gasteiger partial charge in [-0.3, -0.25) is 0 Å². The Morgan fingerprint density at radius 3 is 2.95 bits per heavy atom. The van der Waals surface area contributed by atoms with Crippen LogP contribution in [0.15, 0.2) is 24.3 Å². The SMILES string of the molecule is O=S(=O)(CC1CCCNC1)NC1CCOc2ccccc21. The van der Waals surface area contributed by atoms with E-state index in [0.29, 0.717) is 13.0 Å². The Morgan fingerprint density at radius 2 is 2.14 bits per heavy atom. The van der Waals surface area contributed by atoms with E-state index in [9.17, 15) is 8.42 Å². The number of rotatable bonds is 4. The summed E-state index contributed by atoms with van der Waals surface area (Å²) in [6.45, 7) is 2.35. The van der Waals surface area contributed by atoms with Crippen LogP contribution in [0.4, 0.5) is 0 Å². The number of fused-ring (bicyclic) bond motifs is 1. The molecule has 1 saturated heterocycles. The number of hydrogen-bond acceptors (Lipinski definition) is 4. The van der Waals surface area contributed by atoms with Crippen molar-refractivity contribution < 1.29 is 13.2 Å². The minimum absolute atomic E-state index is 0.170. The first-order chi connectivity index (χ1) is 10.1. The van der Waals surface area contributed by atoms with E-state index in [0.717, 1.165) is 37.2 Å². The molecule has 0 spiro atoms. The molecule has 6 heteroatoms. The molecule has 0 radical (unpaired) electrons. The topological polar surface area (TPSA) is 67.4 Å². The fourth-order valence-corrected chi connectivity index (χ4v) is 4.79. The molecule has 1 fully saturated rings. The summed E-state index contributed by atoms with van der Waals surface area (Å²) < 4.78 is 33.2. The van der Waals surface area contributed by atoms with Gasteiger partial charge in [-0.2, -0.15) is 0 Å². The van der Waals surface area contributed by atoms with Crippen LogP contribution in [0.3, 0.4) is 0 Å². The number of para-hydroxylation sites is 1. The lowest BCUT2D eigenvalue weighted by atomic mass is 10.0. The Labute approximate surface area is 126 Å². The van der Waals surface area contributed by atoms with Gasteiger partial charge in [0, 0.05) is 12.0 Å². The third kappa shape index (κ3) is 3.75. The zero-order chi connectivity index (χ0) is 14.7. The van der Waals surface area contributed by atoms with Gasteiger partial charge in [0.1, 0.15) is 5.75 Å². The average molecular weight is 310 g/mol. The minimum Gasteiger partial charge on any atom is -0.493 e. The summed E-state index contributed by atoms with van der Waals surface area (Å²) in [6, 6.07) is 7.48. The number of hydrogen-bond donors (Lipinski definition) is 2. The van der Waals surface area contributed by atoms with Crippen LogP contribution in [0, 0.1) is 5.92 Å². The lowest BCUT2D eigenvalue weighted by Crippen LogP contribution is -2.39. The van der Waals surface area contributed by atoms with Gasteiger partial charge < -0.3 is 10.1 Å². The van der Waals surface area contributed by atoms with Crippen molar-refractivity contribution in [1.82, 2.24) is 10.0 Å². The van der Waals surface area contributed by atoms with E-state index in [2.05, 4.69) is 10.0 Å². The summed E-state index contributed by atoms with van der Waals surface area (Å²) in [6.07, 6.45) is 2.72. The molecular formula is C15H22N2O3S. The van der Waals surface area contributed by atoms with E-state index in [1.807, 2.05) is 24.3 Å². The molecule has 3 rings (SSSR count). The van der Waals surface area contributed by atoms with Crippen molar-refractivity contribution in [3.63, 3.8) is 0 Å². The maximum atomic E-state index is 12.4. The summed E-state index contributed by atoms with van der Waals surface area (Å²) in [4.78, 5) is 0. The smallest absolute Gasteiger partial charge is 0.212 e. The van der Waals surface area contributed by atoms with Gasteiger partial charge >= 0.3 is 0 Å². The van der Waals surface area contributed by atoms with Crippen molar-refractivity contribution >= 4 is 10.0 Å². The predicted octanol–water partition coefficient (Wildman–Crippen LogP) is 1.43. The molecule has 2 unspecified atom stereocenters. The highest BCUT2D eigenvalue weighted by Crippen LogP contribution is 2.32. The van der Waals surface area contributed by atoms with Gasteiger partial charge in [0.2, 0.25) is 10.0 Å². The zero-order valence-electron chi connectivity index (χ0n) is 12.0. The van der Waals surface area contributed by atoms with Gasteiger partial charge in [-0.05, 0) is 37.9 Å². The Morgan fingerprint density at radius 1 is 1.29 bits per heavy atom. The quantitative estimate of drug-likeness (QED) is 0.883. The second-order valence-electron chi connectivity index (χ2n) is 5.84. The number of nitrogens with one attached hydrogen (secondary N) is 2. The molecule has 2 heterocycles. The third-order valence-electron chi connectivity index (χ3n) is 4.13. The number of ether oxygens (including phenoxy) is 1. The van der Waals surface area contributed by atoms with Gasteiger partial charge in [0.25, 0.3) is 0 Å². The van der Waals surface area contributed by atoms with Crippen molar-refractivity contribution in [3.05, 3.63) is 29.8 Å². The van der Waals surface area contributed by atoms with E-state index < -0.39 is 10.0 Å². The molecular weight excluding hydrogens is 288 g/mol. The van der Waals surface area contributed by atoms with Crippen LogP contribution in [0.1, 0.15) is 30.9 Å². The second-order valence-corrected chi connectivity index (χ2v) is 7.64. The van der Waals surface area contributed by atoms with Crippen molar-refractivity contribution in [2.75, 3.05) is 25.4 Å². The first kappa shape index (κ1) is 14.8. The first-order valence-electron chi connectivity index (χ1n) is 7.56. The summed E-state index contributed by atoms with van der Waals surface area (Å²) >= 11 is 0. The van der Waals surface area contributed by atoms with Crippen molar-refractivity contribution in [2.24, 2.45) is 5.92 Å². The summed E-state index contributed by atoms with van der Waals surface area (Å²) in [5.74, 6) is 1.21. The Bertz CT molecular complexity index is 582. The van der Waals surface area contributed by atoms with E-state index in [1.165, 1.54) is 0 Å². The van der Waals surface area contributed by atoms with Crippen LogP contribution >= 0.6 is 0 Å². The third-order valence-corrected chi connectivity index (χ3v) is 5.69. The Kier molecular flexibility index (Phi) is 4.47. The molecule has 2 N–H and O–H groups in total. The van der Waals surface area contributed by atoms with Gasteiger partial charge in [-0.25, -0.2) is 13.1 Å². The van der Waals surface area contributed by atoms with Crippen LogP contribution < -0.4 is 14.8 Å². The fourth-order valence-electron chi connectivity index (χ4n) is 3.11. The summed E-state index contributed by atoms with van der Waals surface area (Å²) in [5, 5.41) is 3.26. The molecule has 0 amide bonds. The molecule has 2 aliphatic rings. The lowest BCUT2D eigenvalue weighted by molar-refractivity contribution is 0.263. The molecule has 0 aliphatic carbocycles. The number of benzene rings is 1. The van der Waals surface area contributed by atoms with E-state index in [-0.39, 0.29) is 17.7 Å². The highest BCUT2D eigenvalue weighted by Gasteiger charge is 2.27. The van der Waals surface area contributed by atoms with Crippen LogP contribution in [0.5, 0.6) is 5.75 Å². The molecule has 116 valence electrons. The predicted molar refractivity (Wildman–Crippen MR) is 81.8 cm³/mol. The van der Waals surface area contributed by atoms with E-state index in [4.69, 9.17) is 4.74 Å². The summed E-state index contributed by atoms with van der Waals surface area (Å²) in [7, 11) is -3.27. The van der Waals surface area contributed by atoms with Crippen LogP contribution in [0.2, 0.25) is 0 Å². The molecule has 2 aliphatic heterocycles. The van der Waals surface area contributed by atoms with Crippen molar-refractivity contribution in [2.45, 2.75) is 25.3 Å². The van der Waals surface area contributed by atoms with Gasteiger partial charge in [-0.15, -0.1) is 0 Å². The van der Waals surface area contributed by atoms with Gasteiger partial charge in [0.05, 0.1) is 18.4 Å². The first-order valence-corrected chi connectivity index (χ1v) is 9.22. The molecule has 21 heavy (non-hydrogen) atoms. The Balaban J connectivity index is 1.68. The van der Waals surface area contributed by atoms with Crippen LogP contribution in [-0.4, -0.2) is 33.9 Å². The molecule has 0 bridgehead atoms. The minimum atomic E-state index is -3.27. The normalized spacial score (nSPS) is 25.9. The van der Waals surface area contributed by atoms with Crippen molar-refractivity contribution in [3.8, 4) is 5.75 Å². The average Bonchev–Trinajstić information content (AvgIpc) is 2.48. The van der Waals surface area contributed by atoms with Gasteiger partial charge in [0.15, 0.2) is 0 Å². The standard InChI is InChI=1S/C15H22N2O3S/c18-21(19,11-12-4-3-8-16-10-12)17-14-7-9-20-15-6-2-1-5-13(14)15/h1-2,5-6,12,14,16-17H,3-4,7-11H2. The lowest BCUT2D eigenvalue weighted by Gasteiger charge is -2.28. The molecule has 2 atom stereocenters. The molecule has 0 saturated carbocycles. The van der Waals surface area contributed by atoms with Gasteiger partial charge in [-0.1, -0.05) is 18.2 Å². The maximum Gasteiger partial charge on any atom is 0.212 e. The van der Waals surface area contributed by atoms with E-state index >= 15 is 0 Å². The molecule has 0 aromatic heterocycles. The Hall–Kier alpha value is -1.11. The number of sulfonamides is 1. The fraction of sp³-hybridized carbons (Fsp3) is 0.600. The zero-order valence-corrected chi connectivity index (χ0v) is 12.9.